The molecule has 2 aromatic carbocycles. The minimum absolute atomic E-state index is 0.144. The minimum atomic E-state index is -1.21. The predicted molar refractivity (Wildman–Crippen MR) is 119 cm³/mol. The smallest absolute Gasteiger partial charge is 0.335 e. The zero-order valence-electron chi connectivity index (χ0n) is 17.4. The number of aromatic carboxylic acids is 1. The van der Waals surface area contributed by atoms with Crippen LogP contribution in [0.25, 0.3) is 11.3 Å². The Bertz CT molecular complexity index is 1270. The number of carboxylic acid groups (broad SMARTS) is 1. The van der Waals surface area contributed by atoms with Gasteiger partial charge in [-0.15, -0.1) is 0 Å². The summed E-state index contributed by atoms with van der Waals surface area (Å²) in [6.07, 6.45) is 3.50. The molecule has 164 valence electrons. The Kier molecular flexibility index (Phi) is 5.01. The average Bonchev–Trinajstić information content (AvgIpc) is 3.54. The van der Waals surface area contributed by atoms with Crippen molar-refractivity contribution in [3.05, 3.63) is 69.6 Å². The molecule has 1 aliphatic carbocycles. The monoisotopic (exact) mass is 453 g/mol. The molecule has 2 aliphatic rings. The third-order valence-electron chi connectivity index (χ3n) is 6.18. The Morgan fingerprint density at radius 2 is 2.00 bits per heavy atom. The van der Waals surface area contributed by atoms with Gasteiger partial charge in [0.1, 0.15) is 11.5 Å². The number of rotatable bonds is 4. The highest BCUT2D eigenvalue weighted by Gasteiger charge is 2.34. The molecule has 1 fully saturated rings. The molecule has 1 N–H and O–H groups in total. The first-order valence-electron chi connectivity index (χ1n) is 10.6. The topological polar surface area (TPSA) is 75.4 Å². The number of hydrogen-bond donors (Lipinski definition) is 1. The van der Waals surface area contributed by atoms with Gasteiger partial charge in [0, 0.05) is 19.2 Å². The molecule has 1 saturated carbocycles. The van der Waals surface area contributed by atoms with Crippen LogP contribution in [-0.4, -0.2) is 40.4 Å². The molecule has 0 radical (unpaired) electrons. The van der Waals surface area contributed by atoms with Gasteiger partial charge in [0.2, 0.25) is 0 Å². The van der Waals surface area contributed by atoms with E-state index in [-0.39, 0.29) is 17.0 Å². The second kappa shape index (κ2) is 7.74. The second-order valence-corrected chi connectivity index (χ2v) is 8.77. The van der Waals surface area contributed by atoms with E-state index in [1.165, 1.54) is 16.8 Å². The number of aromatic nitrogens is 2. The lowest BCUT2D eigenvalue weighted by atomic mass is 10.0. The highest BCUT2D eigenvalue weighted by Crippen LogP contribution is 2.44. The van der Waals surface area contributed by atoms with Crippen LogP contribution in [0.4, 0.5) is 10.1 Å². The fourth-order valence-electron chi connectivity index (χ4n) is 4.46. The van der Waals surface area contributed by atoms with Gasteiger partial charge in [0.05, 0.1) is 27.5 Å². The lowest BCUT2D eigenvalue weighted by Gasteiger charge is -2.26. The summed E-state index contributed by atoms with van der Waals surface area (Å²) in [4.78, 5) is 26.9. The first-order chi connectivity index (χ1) is 15.4. The Labute approximate surface area is 189 Å². The molecule has 1 aromatic heterocycles. The van der Waals surface area contributed by atoms with Crippen LogP contribution < -0.4 is 4.90 Å². The summed E-state index contributed by atoms with van der Waals surface area (Å²) >= 11 is 6.47. The molecule has 0 atom stereocenters. The number of hydrogen-bond acceptors (Lipinski definition) is 4. The van der Waals surface area contributed by atoms with E-state index >= 15 is 0 Å². The number of carbonyl (C=O) groups is 2. The predicted octanol–water partition coefficient (Wildman–Crippen LogP) is 4.99. The molecule has 2 heterocycles. The van der Waals surface area contributed by atoms with E-state index in [0.29, 0.717) is 40.0 Å². The summed E-state index contributed by atoms with van der Waals surface area (Å²) in [7, 11) is 1.88. The lowest BCUT2D eigenvalue weighted by molar-refractivity contribution is 0.0696. The maximum Gasteiger partial charge on any atom is 0.335 e. The third kappa shape index (κ3) is 3.37. The van der Waals surface area contributed by atoms with Gasteiger partial charge in [0.15, 0.2) is 0 Å². The standard InChI is InChI=1S/C24H21ClFN3O3/c1-28-11-3-6-19-22(28)21(16-10-9-14(24(31)32)12-18(16)26)27-29(19)23(30)20-15(13-7-8-13)4-2-5-17(20)25/h2,4-5,9-10,12-13H,3,6-8,11H2,1H3,(H,31,32). The molecule has 0 bridgehead atoms. The molecule has 0 saturated heterocycles. The fourth-order valence-corrected chi connectivity index (χ4v) is 4.72. The van der Waals surface area contributed by atoms with Crippen molar-refractivity contribution in [3.8, 4) is 11.3 Å². The molecule has 6 nitrogen and oxygen atoms in total. The summed E-state index contributed by atoms with van der Waals surface area (Å²) < 4.78 is 16.3. The molecule has 1 aliphatic heterocycles. The number of carbonyl (C=O) groups excluding carboxylic acids is 1. The van der Waals surface area contributed by atoms with Gasteiger partial charge in [-0.1, -0.05) is 23.7 Å². The van der Waals surface area contributed by atoms with Gasteiger partial charge in [0.25, 0.3) is 5.91 Å². The summed E-state index contributed by atoms with van der Waals surface area (Å²) in [5.74, 6) is -1.90. The molecule has 5 rings (SSSR count). The van der Waals surface area contributed by atoms with Crippen LogP contribution in [0.1, 0.15) is 57.2 Å². The summed E-state index contributed by atoms with van der Waals surface area (Å²) in [6, 6.07) is 9.22. The molecule has 0 unspecified atom stereocenters. The van der Waals surface area contributed by atoms with Crippen LogP contribution in [0.2, 0.25) is 5.02 Å². The number of carboxylic acids is 1. The molecule has 3 aromatic rings. The van der Waals surface area contributed by atoms with Crippen molar-refractivity contribution >= 4 is 29.2 Å². The lowest BCUT2D eigenvalue weighted by Crippen LogP contribution is -2.27. The normalized spacial score (nSPS) is 15.5. The van der Waals surface area contributed by atoms with E-state index in [4.69, 9.17) is 16.7 Å². The van der Waals surface area contributed by atoms with Crippen LogP contribution in [0, 0.1) is 5.82 Å². The van der Waals surface area contributed by atoms with Gasteiger partial charge in [-0.3, -0.25) is 4.79 Å². The molecular weight excluding hydrogens is 433 g/mol. The number of anilines is 1. The van der Waals surface area contributed by atoms with E-state index < -0.39 is 11.8 Å². The summed E-state index contributed by atoms with van der Waals surface area (Å²) in [5, 5.41) is 14.1. The van der Waals surface area contributed by atoms with Gasteiger partial charge < -0.3 is 10.0 Å². The maximum atomic E-state index is 14.9. The Balaban J connectivity index is 1.68. The SMILES string of the molecule is CN1CCCc2c1c(-c1ccc(C(=O)O)cc1F)nn2C(=O)c1c(Cl)cccc1C1CC1. The van der Waals surface area contributed by atoms with Crippen molar-refractivity contribution in [2.75, 3.05) is 18.5 Å². The van der Waals surface area contributed by atoms with Crippen molar-refractivity contribution in [2.24, 2.45) is 0 Å². The first kappa shape index (κ1) is 20.7. The van der Waals surface area contributed by atoms with E-state index in [0.717, 1.165) is 37.4 Å². The summed E-state index contributed by atoms with van der Waals surface area (Å²) in [5.41, 5.74) is 3.11. The van der Waals surface area contributed by atoms with Crippen molar-refractivity contribution < 1.29 is 19.1 Å². The van der Waals surface area contributed by atoms with E-state index in [1.54, 1.807) is 6.07 Å². The Morgan fingerprint density at radius 1 is 1.22 bits per heavy atom. The van der Waals surface area contributed by atoms with Crippen LogP contribution in [-0.2, 0) is 6.42 Å². The van der Waals surface area contributed by atoms with Crippen LogP contribution in [0.5, 0.6) is 0 Å². The van der Waals surface area contributed by atoms with Crippen molar-refractivity contribution in [1.82, 2.24) is 9.78 Å². The van der Waals surface area contributed by atoms with Gasteiger partial charge in [-0.05, 0) is 61.4 Å². The number of nitrogens with zero attached hydrogens (tertiary/aromatic N) is 3. The quantitative estimate of drug-likeness (QED) is 0.602. The van der Waals surface area contributed by atoms with E-state index in [9.17, 15) is 14.0 Å². The Hall–Kier alpha value is -3.19. The van der Waals surface area contributed by atoms with Crippen molar-refractivity contribution in [3.63, 3.8) is 0 Å². The largest absolute Gasteiger partial charge is 0.478 e. The second-order valence-electron chi connectivity index (χ2n) is 8.36. The zero-order valence-corrected chi connectivity index (χ0v) is 18.2. The number of halogens is 2. The van der Waals surface area contributed by atoms with Crippen LogP contribution in [0.3, 0.4) is 0 Å². The van der Waals surface area contributed by atoms with Crippen molar-refractivity contribution in [2.45, 2.75) is 31.6 Å². The molecule has 32 heavy (non-hydrogen) atoms. The highest BCUT2D eigenvalue weighted by molar-refractivity contribution is 6.34. The highest BCUT2D eigenvalue weighted by atomic mass is 35.5. The first-order valence-corrected chi connectivity index (χ1v) is 10.9. The fraction of sp³-hybridized carbons (Fsp3) is 0.292. The van der Waals surface area contributed by atoms with Crippen molar-refractivity contribution in [1.29, 1.82) is 0 Å². The van der Waals surface area contributed by atoms with E-state index in [2.05, 4.69) is 5.10 Å². The maximum absolute atomic E-state index is 14.9. The molecule has 0 spiro atoms. The number of benzene rings is 2. The number of fused-ring (bicyclic) bond motifs is 1. The Morgan fingerprint density at radius 3 is 2.69 bits per heavy atom. The zero-order chi connectivity index (χ0) is 22.6. The molecule has 0 amide bonds. The molecule has 8 heteroatoms. The average molecular weight is 454 g/mol. The van der Waals surface area contributed by atoms with Crippen LogP contribution in [0.15, 0.2) is 36.4 Å². The van der Waals surface area contributed by atoms with Gasteiger partial charge >= 0.3 is 5.97 Å². The third-order valence-corrected chi connectivity index (χ3v) is 6.50. The van der Waals surface area contributed by atoms with Gasteiger partial charge in [-0.25, -0.2) is 9.18 Å². The van der Waals surface area contributed by atoms with Crippen LogP contribution >= 0.6 is 11.6 Å². The minimum Gasteiger partial charge on any atom is -0.478 e. The van der Waals surface area contributed by atoms with Gasteiger partial charge in [-0.2, -0.15) is 9.78 Å². The molecular formula is C24H21ClFN3O3. The summed E-state index contributed by atoms with van der Waals surface area (Å²) in [6.45, 7) is 0.744. The van der Waals surface area contributed by atoms with E-state index in [1.807, 2.05) is 24.1 Å².